The molecule has 0 amide bonds. The number of ketones is 2. The van der Waals surface area contributed by atoms with Crippen molar-refractivity contribution in [3.63, 3.8) is 0 Å². The molecule has 2 aromatic carbocycles. The molecular formula is C34H40ClNO4. The Hall–Kier alpha value is -3.05. The normalized spacial score (nSPS) is 20.4. The average Bonchev–Trinajstić information content (AvgIpc) is 2.85. The van der Waals surface area contributed by atoms with Gasteiger partial charge in [-0.25, -0.2) is 0 Å². The molecule has 0 saturated heterocycles. The van der Waals surface area contributed by atoms with Crippen molar-refractivity contribution in [1.29, 1.82) is 0 Å². The molecule has 2 aromatic rings. The number of halogens is 1. The van der Waals surface area contributed by atoms with Crippen LogP contribution in [0.25, 0.3) is 0 Å². The van der Waals surface area contributed by atoms with Crippen molar-refractivity contribution in [2.45, 2.75) is 79.8 Å². The van der Waals surface area contributed by atoms with Crippen LogP contribution in [-0.2, 0) is 16.2 Å². The topological polar surface area (TPSA) is 55.8 Å². The zero-order chi connectivity index (χ0) is 29.0. The van der Waals surface area contributed by atoms with Gasteiger partial charge < -0.3 is 14.4 Å². The number of benzene rings is 2. The minimum atomic E-state index is -0.475. The third-order valence-corrected chi connectivity index (χ3v) is 8.67. The first kappa shape index (κ1) is 28.5. The lowest BCUT2D eigenvalue weighted by molar-refractivity contribution is -0.119. The van der Waals surface area contributed by atoms with Crippen molar-refractivity contribution in [3.05, 3.63) is 80.7 Å². The Morgan fingerprint density at radius 1 is 0.925 bits per heavy atom. The summed E-state index contributed by atoms with van der Waals surface area (Å²) in [5.41, 5.74) is 6.25. The van der Waals surface area contributed by atoms with E-state index < -0.39 is 5.92 Å². The Kier molecular flexibility index (Phi) is 7.41. The van der Waals surface area contributed by atoms with Crippen molar-refractivity contribution >= 4 is 23.2 Å². The lowest BCUT2D eigenvalue weighted by Crippen LogP contribution is -2.44. The number of aryl methyl sites for hydroxylation is 1. The predicted molar refractivity (Wildman–Crippen MR) is 159 cm³/mol. The Labute approximate surface area is 243 Å². The number of carbonyl (C=O) groups excluding carboxylic acids is 2. The second kappa shape index (κ2) is 10.4. The molecule has 0 N–H and O–H groups in total. The number of Topliss-reactive ketones (excluding diaryl/α,β-unsaturated/α-hetero) is 2. The van der Waals surface area contributed by atoms with Gasteiger partial charge >= 0.3 is 0 Å². The van der Waals surface area contributed by atoms with E-state index in [1.165, 1.54) is 0 Å². The van der Waals surface area contributed by atoms with Gasteiger partial charge in [0, 0.05) is 47.8 Å². The van der Waals surface area contributed by atoms with Crippen LogP contribution < -0.4 is 9.47 Å². The van der Waals surface area contributed by atoms with Gasteiger partial charge in [-0.15, -0.1) is 0 Å². The van der Waals surface area contributed by atoms with Crippen LogP contribution >= 0.6 is 11.6 Å². The van der Waals surface area contributed by atoms with E-state index in [9.17, 15) is 9.59 Å². The fourth-order valence-electron chi connectivity index (χ4n) is 6.77. The summed E-state index contributed by atoms with van der Waals surface area (Å²) in [5.74, 6) is 0.681. The van der Waals surface area contributed by atoms with E-state index >= 15 is 0 Å². The van der Waals surface area contributed by atoms with Crippen LogP contribution in [0, 0.1) is 17.8 Å². The zero-order valence-electron chi connectivity index (χ0n) is 24.7. The number of ether oxygens (including phenoxy) is 2. The lowest BCUT2D eigenvalue weighted by Gasteiger charge is -2.49. The Morgan fingerprint density at radius 2 is 1.52 bits per heavy atom. The molecular weight excluding hydrogens is 522 g/mol. The molecule has 0 aromatic heterocycles. The molecule has 0 unspecified atom stereocenters. The van der Waals surface area contributed by atoms with Gasteiger partial charge in [0.1, 0.15) is 6.61 Å². The lowest BCUT2D eigenvalue weighted by atomic mass is 9.63. The van der Waals surface area contributed by atoms with E-state index in [2.05, 4.69) is 45.6 Å². The van der Waals surface area contributed by atoms with Gasteiger partial charge in [0.05, 0.1) is 12.1 Å². The molecule has 3 aliphatic rings. The molecule has 0 spiro atoms. The van der Waals surface area contributed by atoms with Gasteiger partial charge in [-0.3, -0.25) is 9.59 Å². The second-order valence-electron chi connectivity index (χ2n) is 13.1. The van der Waals surface area contributed by atoms with Gasteiger partial charge in [0.2, 0.25) is 0 Å². The highest BCUT2D eigenvalue weighted by molar-refractivity contribution is 6.32. The van der Waals surface area contributed by atoms with Crippen LogP contribution in [0.2, 0.25) is 5.02 Å². The minimum absolute atomic E-state index is 0.105. The van der Waals surface area contributed by atoms with Crippen LogP contribution in [0.4, 0.5) is 0 Å². The van der Waals surface area contributed by atoms with E-state index in [4.69, 9.17) is 21.1 Å². The van der Waals surface area contributed by atoms with E-state index in [1.807, 2.05) is 37.3 Å². The molecule has 0 radical (unpaired) electrons. The largest absolute Gasteiger partial charge is 0.493 e. The molecule has 2 aliphatic carbocycles. The summed E-state index contributed by atoms with van der Waals surface area (Å²) < 4.78 is 11.9. The number of nitrogens with zero attached hydrogens (tertiary/aromatic N) is 1. The van der Waals surface area contributed by atoms with E-state index in [0.29, 0.717) is 42.5 Å². The number of allylic oxidation sites excluding steroid dienone is 4. The Morgan fingerprint density at radius 3 is 2.05 bits per heavy atom. The van der Waals surface area contributed by atoms with Gasteiger partial charge in [0.15, 0.2) is 23.1 Å². The molecule has 0 bridgehead atoms. The van der Waals surface area contributed by atoms with Crippen molar-refractivity contribution < 1.29 is 19.1 Å². The monoisotopic (exact) mass is 561 g/mol. The van der Waals surface area contributed by atoms with E-state index in [0.717, 1.165) is 52.1 Å². The van der Waals surface area contributed by atoms with Crippen LogP contribution in [0.15, 0.2) is 58.9 Å². The molecule has 0 saturated carbocycles. The summed E-state index contributed by atoms with van der Waals surface area (Å²) in [6.07, 6.45) is 2.47. The second-order valence-corrected chi connectivity index (χ2v) is 13.5. The first-order chi connectivity index (χ1) is 18.8. The molecule has 1 heterocycles. The first-order valence-corrected chi connectivity index (χ1v) is 14.6. The van der Waals surface area contributed by atoms with Gasteiger partial charge in [0.25, 0.3) is 0 Å². The van der Waals surface area contributed by atoms with Crippen molar-refractivity contribution in [2.75, 3.05) is 13.7 Å². The number of carbonyl (C=O) groups is 2. The summed E-state index contributed by atoms with van der Waals surface area (Å²) in [6, 6.07) is 11.9. The third-order valence-electron chi connectivity index (χ3n) is 8.39. The maximum atomic E-state index is 13.9. The molecule has 0 atom stereocenters. The SMILES string of the molecule is CCN1C2=C(C(=O)CC(C)(C)C2)C(c2cc(Cl)c(OCc3cccc(C)c3)c(OC)c2)C2=C1CC(C)(C)CC2=O. The van der Waals surface area contributed by atoms with Gasteiger partial charge in [-0.05, 0) is 60.8 Å². The summed E-state index contributed by atoms with van der Waals surface area (Å²) >= 11 is 6.88. The van der Waals surface area contributed by atoms with Crippen LogP contribution in [0.3, 0.4) is 0 Å². The Bertz CT molecular complexity index is 1390. The smallest absolute Gasteiger partial charge is 0.180 e. The highest BCUT2D eigenvalue weighted by Crippen LogP contribution is 2.55. The van der Waals surface area contributed by atoms with Crippen LogP contribution in [0.1, 0.15) is 82.9 Å². The van der Waals surface area contributed by atoms with Crippen molar-refractivity contribution in [1.82, 2.24) is 4.90 Å². The standard InChI is InChI=1S/C34H40ClNO4/c1-8-36-24-15-33(3,4)17-26(37)30(24)29(31-25(36)16-34(5,6)18-27(31)38)22-13-23(35)32(28(14-22)39-7)40-19-21-11-9-10-20(2)12-21/h9-14,29H,8,15-19H2,1-7H3. The number of methoxy groups -OCH3 is 1. The van der Waals surface area contributed by atoms with Crippen molar-refractivity contribution in [3.8, 4) is 11.5 Å². The van der Waals surface area contributed by atoms with Crippen LogP contribution in [0.5, 0.6) is 11.5 Å². The maximum Gasteiger partial charge on any atom is 0.180 e. The van der Waals surface area contributed by atoms with Crippen molar-refractivity contribution in [2.24, 2.45) is 10.8 Å². The molecule has 5 nitrogen and oxygen atoms in total. The molecule has 40 heavy (non-hydrogen) atoms. The summed E-state index contributed by atoms with van der Waals surface area (Å²) in [5, 5.41) is 0.399. The highest BCUT2D eigenvalue weighted by Gasteiger charge is 2.48. The predicted octanol–water partition coefficient (Wildman–Crippen LogP) is 7.94. The number of hydrogen-bond donors (Lipinski definition) is 0. The zero-order valence-corrected chi connectivity index (χ0v) is 25.5. The van der Waals surface area contributed by atoms with Gasteiger partial charge in [-0.1, -0.05) is 69.1 Å². The molecule has 5 rings (SSSR count). The summed E-state index contributed by atoms with van der Waals surface area (Å²) in [4.78, 5) is 30.0. The third kappa shape index (κ3) is 5.21. The fourth-order valence-corrected chi connectivity index (χ4v) is 7.04. The summed E-state index contributed by atoms with van der Waals surface area (Å²) in [7, 11) is 1.59. The quantitative estimate of drug-likeness (QED) is 0.358. The van der Waals surface area contributed by atoms with Gasteiger partial charge in [-0.2, -0.15) is 0 Å². The molecule has 0 fully saturated rings. The first-order valence-electron chi connectivity index (χ1n) is 14.2. The Balaban J connectivity index is 1.65. The molecule has 212 valence electrons. The average molecular weight is 562 g/mol. The molecule has 6 heteroatoms. The molecule has 1 aliphatic heterocycles. The number of rotatable bonds is 6. The highest BCUT2D eigenvalue weighted by atomic mass is 35.5. The fraction of sp³-hybridized carbons (Fsp3) is 0.471. The maximum absolute atomic E-state index is 13.9. The minimum Gasteiger partial charge on any atom is -0.493 e. The van der Waals surface area contributed by atoms with Crippen LogP contribution in [-0.4, -0.2) is 30.1 Å². The number of hydrogen-bond acceptors (Lipinski definition) is 5. The summed E-state index contributed by atoms with van der Waals surface area (Å²) in [6.45, 7) is 13.8. The van der Waals surface area contributed by atoms with E-state index in [1.54, 1.807) is 7.11 Å². The van der Waals surface area contributed by atoms with E-state index in [-0.39, 0.29) is 22.4 Å².